The lowest BCUT2D eigenvalue weighted by Crippen LogP contribution is -2.11. The van der Waals surface area contributed by atoms with Crippen LogP contribution in [0.3, 0.4) is 0 Å². The van der Waals surface area contributed by atoms with E-state index in [2.05, 4.69) is 16.8 Å². The van der Waals surface area contributed by atoms with Gasteiger partial charge in [0.25, 0.3) is 0 Å². The highest BCUT2D eigenvalue weighted by Crippen LogP contribution is 2.11. The number of halogens is 1. The molecule has 0 radical (unpaired) electrons. The molecule has 0 aliphatic rings. The molecule has 2 rings (SSSR count). The number of imidazole rings is 1. The summed E-state index contributed by atoms with van der Waals surface area (Å²) in [6, 6.07) is 7.22. The average molecular weight is 303 g/mol. The number of esters is 1. The number of rotatable bonds is 2. The van der Waals surface area contributed by atoms with Crippen LogP contribution < -0.4 is 0 Å². The topological polar surface area (TPSA) is 44.1 Å². The maximum absolute atomic E-state index is 11.9. The van der Waals surface area contributed by atoms with Crippen molar-refractivity contribution in [2.75, 3.05) is 6.61 Å². The van der Waals surface area contributed by atoms with Crippen LogP contribution in [-0.4, -0.2) is 22.1 Å². The van der Waals surface area contributed by atoms with E-state index in [-0.39, 0.29) is 5.97 Å². The summed E-state index contributed by atoms with van der Waals surface area (Å²) in [5.74, 6) is 6.09. The molecule has 0 amide bonds. The quantitative estimate of drug-likeness (QED) is 0.633. The second kappa shape index (κ2) is 6.47. The number of hydrogen-bond acceptors (Lipinski definition) is 3. The third kappa shape index (κ3) is 3.45. The van der Waals surface area contributed by atoms with Gasteiger partial charge in [0.05, 0.1) is 12.3 Å². The van der Waals surface area contributed by atoms with Gasteiger partial charge in [0.2, 0.25) is 0 Å². The van der Waals surface area contributed by atoms with E-state index < -0.39 is 0 Å². The lowest BCUT2D eigenvalue weighted by atomic mass is 10.2. The third-order valence-electron chi connectivity index (χ3n) is 2.90. The Kier molecular flexibility index (Phi) is 4.66. The van der Waals surface area contributed by atoms with Crippen LogP contribution in [0.5, 0.6) is 0 Å². The number of nitrogens with zero attached hydrogens (tertiary/aromatic N) is 2. The van der Waals surface area contributed by atoms with E-state index >= 15 is 0 Å². The SMILES string of the molecule is CCOC(=O)c1c(C)nc(C#Cc2ccc(Cl)cc2)n1C. The molecular formula is C16H15ClN2O2. The summed E-state index contributed by atoms with van der Waals surface area (Å²) >= 11 is 5.83. The van der Waals surface area contributed by atoms with Gasteiger partial charge in [-0.3, -0.25) is 0 Å². The molecule has 2 aromatic rings. The molecule has 1 aromatic carbocycles. The summed E-state index contributed by atoms with van der Waals surface area (Å²) in [4.78, 5) is 16.2. The van der Waals surface area contributed by atoms with Crippen LogP contribution in [0.15, 0.2) is 24.3 Å². The van der Waals surface area contributed by atoms with E-state index in [1.807, 2.05) is 12.1 Å². The van der Waals surface area contributed by atoms with Crippen molar-refractivity contribution in [3.63, 3.8) is 0 Å². The molecule has 0 saturated heterocycles. The minimum absolute atomic E-state index is 0.329. The zero-order valence-electron chi connectivity index (χ0n) is 12.1. The number of aromatic nitrogens is 2. The molecule has 4 nitrogen and oxygen atoms in total. The van der Waals surface area contributed by atoms with Gasteiger partial charge in [-0.05, 0) is 44.0 Å². The summed E-state index contributed by atoms with van der Waals surface area (Å²) in [6.07, 6.45) is 0. The van der Waals surface area contributed by atoms with Crippen molar-refractivity contribution in [2.24, 2.45) is 7.05 Å². The molecule has 1 heterocycles. The van der Waals surface area contributed by atoms with Gasteiger partial charge in [0.1, 0.15) is 0 Å². The normalized spacial score (nSPS) is 9.90. The van der Waals surface area contributed by atoms with Gasteiger partial charge in [-0.25, -0.2) is 9.78 Å². The second-order valence-electron chi connectivity index (χ2n) is 4.41. The summed E-state index contributed by atoms with van der Waals surface area (Å²) < 4.78 is 6.67. The van der Waals surface area contributed by atoms with Gasteiger partial charge in [-0.1, -0.05) is 17.5 Å². The molecule has 108 valence electrons. The van der Waals surface area contributed by atoms with Crippen LogP contribution in [0, 0.1) is 18.8 Å². The number of benzene rings is 1. The van der Waals surface area contributed by atoms with Crippen LogP contribution in [0.25, 0.3) is 0 Å². The van der Waals surface area contributed by atoms with Gasteiger partial charge in [-0.15, -0.1) is 0 Å². The van der Waals surface area contributed by atoms with Crippen LogP contribution in [0.4, 0.5) is 0 Å². The molecule has 0 aliphatic carbocycles. The van der Waals surface area contributed by atoms with Crippen molar-refractivity contribution in [3.05, 3.63) is 52.1 Å². The van der Waals surface area contributed by atoms with Crippen molar-refractivity contribution in [1.29, 1.82) is 0 Å². The highest BCUT2D eigenvalue weighted by Gasteiger charge is 2.18. The van der Waals surface area contributed by atoms with Gasteiger partial charge >= 0.3 is 5.97 Å². The van der Waals surface area contributed by atoms with Crippen LogP contribution in [-0.2, 0) is 11.8 Å². The Morgan fingerprint density at radius 3 is 2.62 bits per heavy atom. The van der Waals surface area contributed by atoms with Crippen LogP contribution in [0.1, 0.15) is 34.5 Å². The molecule has 0 bridgehead atoms. The van der Waals surface area contributed by atoms with Crippen molar-refractivity contribution in [3.8, 4) is 11.8 Å². The van der Waals surface area contributed by atoms with E-state index in [1.165, 1.54) is 0 Å². The monoisotopic (exact) mass is 302 g/mol. The zero-order chi connectivity index (χ0) is 15.4. The van der Waals surface area contributed by atoms with Gasteiger partial charge in [0, 0.05) is 17.6 Å². The highest BCUT2D eigenvalue weighted by atomic mass is 35.5. The van der Waals surface area contributed by atoms with Gasteiger partial charge < -0.3 is 9.30 Å². The molecule has 0 fully saturated rings. The van der Waals surface area contributed by atoms with Crippen molar-refractivity contribution >= 4 is 17.6 Å². The summed E-state index contributed by atoms with van der Waals surface area (Å²) in [6.45, 7) is 3.86. The van der Waals surface area contributed by atoms with E-state index in [0.717, 1.165) is 5.56 Å². The smallest absolute Gasteiger partial charge is 0.356 e. The van der Waals surface area contributed by atoms with E-state index in [9.17, 15) is 4.79 Å². The third-order valence-corrected chi connectivity index (χ3v) is 3.15. The Balaban J connectivity index is 2.32. The van der Waals surface area contributed by atoms with Crippen LogP contribution >= 0.6 is 11.6 Å². The number of carbonyl (C=O) groups is 1. The molecule has 0 spiro atoms. The maximum Gasteiger partial charge on any atom is 0.356 e. The fourth-order valence-corrected chi connectivity index (χ4v) is 2.02. The van der Waals surface area contributed by atoms with E-state index in [1.54, 1.807) is 37.6 Å². The molecule has 0 aliphatic heterocycles. The Labute approximate surface area is 128 Å². The fraction of sp³-hybridized carbons (Fsp3) is 0.250. The second-order valence-corrected chi connectivity index (χ2v) is 4.84. The summed E-state index contributed by atoms with van der Waals surface area (Å²) in [7, 11) is 1.75. The Hall–Kier alpha value is -2.25. The Morgan fingerprint density at radius 1 is 1.33 bits per heavy atom. The standard InChI is InChI=1S/C16H15ClN2O2/c1-4-21-16(20)15-11(2)18-14(19(15)3)10-7-12-5-8-13(17)9-6-12/h5-6,8-9H,4H2,1-3H3. The minimum Gasteiger partial charge on any atom is -0.461 e. The van der Waals surface area contributed by atoms with Crippen molar-refractivity contribution in [1.82, 2.24) is 9.55 Å². The zero-order valence-corrected chi connectivity index (χ0v) is 12.9. The first kappa shape index (κ1) is 15.1. The lowest BCUT2D eigenvalue weighted by Gasteiger charge is -2.03. The number of hydrogen-bond donors (Lipinski definition) is 0. The molecule has 0 unspecified atom stereocenters. The number of ether oxygens (including phenoxy) is 1. The molecule has 0 N–H and O–H groups in total. The average Bonchev–Trinajstić information content (AvgIpc) is 2.73. The molecule has 0 atom stereocenters. The maximum atomic E-state index is 11.9. The largest absolute Gasteiger partial charge is 0.461 e. The predicted molar refractivity (Wildman–Crippen MR) is 81.3 cm³/mol. The van der Waals surface area contributed by atoms with Crippen LogP contribution in [0.2, 0.25) is 5.02 Å². The number of aryl methyl sites for hydroxylation is 1. The number of carbonyl (C=O) groups excluding carboxylic acids is 1. The molecule has 0 saturated carbocycles. The van der Waals surface area contributed by atoms with Gasteiger partial charge in [0.15, 0.2) is 11.5 Å². The highest BCUT2D eigenvalue weighted by molar-refractivity contribution is 6.30. The Morgan fingerprint density at radius 2 is 2.00 bits per heavy atom. The molecule has 1 aromatic heterocycles. The summed E-state index contributed by atoms with van der Waals surface area (Å²) in [5.41, 5.74) is 1.87. The first-order chi connectivity index (χ1) is 10.0. The van der Waals surface area contributed by atoms with E-state index in [4.69, 9.17) is 16.3 Å². The molecule has 21 heavy (non-hydrogen) atoms. The minimum atomic E-state index is -0.385. The Bertz CT molecular complexity index is 721. The molecule has 5 heteroatoms. The first-order valence-corrected chi connectivity index (χ1v) is 6.88. The van der Waals surface area contributed by atoms with Crippen molar-refractivity contribution in [2.45, 2.75) is 13.8 Å². The van der Waals surface area contributed by atoms with Gasteiger partial charge in [-0.2, -0.15) is 0 Å². The lowest BCUT2D eigenvalue weighted by molar-refractivity contribution is 0.0514. The molecular weight excluding hydrogens is 288 g/mol. The summed E-state index contributed by atoms with van der Waals surface area (Å²) in [5, 5.41) is 0.665. The van der Waals surface area contributed by atoms with Crippen molar-refractivity contribution < 1.29 is 9.53 Å². The predicted octanol–water partition coefficient (Wildman–Crippen LogP) is 2.96. The first-order valence-electron chi connectivity index (χ1n) is 6.51. The fourth-order valence-electron chi connectivity index (χ4n) is 1.89. The van der Waals surface area contributed by atoms with E-state index in [0.29, 0.717) is 28.8 Å².